The Kier molecular flexibility index (Phi) is 4.80. The van der Waals surface area contributed by atoms with Gasteiger partial charge in [0, 0.05) is 26.7 Å². The van der Waals surface area contributed by atoms with E-state index in [0.717, 1.165) is 25.4 Å². The Balaban J connectivity index is 1.98. The van der Waals surface area contributed by atoms with E-state index in [1.54, 1.807) is 7.11 Å². The first kappa shape index (κ1) is 14.3. The first-order valence-electron chi connectivity index (χ1n) is 6.77. The lowest BCUT2D eigenvalue weighted by molar-refractivity contribution is -0.0968. The molecule has 0 unspecified atom stereocenters. The van der Waals surface area contributed by atoms with E-state index in [1.807, 2.05) is 37.3 Å². The van der Waals surface area contributed by atoms with Crippen molar-refractivity contribution in [1.82, 2.24) is 4.90 Å². The summed E-state index contributed by atoms with van der Waals surface area (Å²) in [4.78, 5) is 2.27. The molecule has 0 aromatic heterocycles. The number of hydrogen-bond donors (Lipinski definition) is 1. The minimum absolute atomic E-state index is 0.208. The van der Waals surface area contributed by atoms with Gasteiger partial charge in [-0.15, -0.1) is 0 Å². The second-order valence-corrected chi connectivity index (χ2v) is 5.32. The Hall–Kier alpha value is -1.10. The van der Waals surface area contributed by atoms with Crippen LogP contribution in [0, 0.1) is 0 Å². The molecule has 1 aromatic carbocycles. The zero-order chi connectivity index (χ0) is 13.7. The van der Waals surface area contributed by atoms with Gasteiger partial charge >= 0.3 is 0 Å². The molecule has 0 radical (unpaired) electrons. The lowest BCUT2D eigenvalue weighted by Crippen LogP contribution is -2.56. The fourth-order valence-electron chi connectivity index (χ4n) is 2.32. The molecule has 1 aromatic rings. The third kappa shape index (κ3) is 3.93. The van der Waals surface area contributed by atoms with Crippen molar-refractivity contribution >= 4 is 0 Å². The van der Waals surface area contributed by atoms with Gasteiger partial charge in [-0.25, -0.2) is 0 Å². The van der Waals surface area contributed by atoms with Crippen molar-refractivity contribution < 1.29 is 14.6 Å². The summed E-state index contributed by atoms with van der Waals surface area (Å²) in [5.41, 5.74) is -0.778. The Morgan fingerprint density at radius 3 is 2.79 bits per heavy atom. The second kappa shape index (κ2) is 6.37. The minimum atomic E-state index is -0.778. The van der Waals surface area contributed by atoms with Crippen LogP contribution >= 0.6 is 0 Å². The van der Waals surface area contributed by atoms with Gasteiger partial charge in [-0.3, -0.25) is 4.90 Å². The Morgan fingerprint density at radius 1 is 1.37 bits per heavy atom. The minimum Gasteiger partial charge on any atom is -0.486 e. The Labute approximate surface area is 114 Å². The summed E-state index contributed by atoms with van der Waals surface area (Å²) in [7, 11) is 1.71. The molecule has 2 atom stereocenters. The monoisotopic (exact) mass is 265 g/mol. The van der Waals surface area contributed by atoms with Crippen LogP contribution in [0.1, 0.15) is 13.3 Å². The van der Waals surface area contributed by atoms with E-state index in [9.17, 15) is 5.11 Å². The predicted molar refractivity (Wildman–Crippen MR) is 74.4 cm³/mol. The molecule has 1 aliphatic heterocycles. The number of aliphatic hydroxyl groups is 1. The van der Waals surface area contributed by atoms with E-state index < -0.39 is 5.60 Å². The van der Waals surface area contributed by atoms with E-state index >= 15 is 0 Å². The predicted octanol–water partition coefficient (Wildman–Crippen LogP) is 1.54. The van der Waals surface area contributed by atoms with Crippen LogP contribution in [-0.2, 0) is 4.74 Å². The standard InChI is InChI=1S/C15H23NO3/c1-15(17)8-9-16(10-11-18-2)12-14(15)19-13-6-4-3-5-7-13/h3-7,14,17H,8-12H2,1-2H3/t14-,15-/m1/s1. The molecule has 0 aliphatic carbocycles. The van der Waals surface area contributed by atoms with Crippen molar-refractivity contribution in [3.63, 3.8) is 0 Å². The number of para-hydroxylation sites is 1. The maximum atomic E-state index is 10.5. The number of methoxy groups -OCH3 is 1. The van der Waals surface area contributed by atoms with Gasteiger partial charge in [0.2, 0.25) is 0 Å². The van der Waals surface area contributed by atoms with Gasteiger partial charge in [0.1, 0.15) is 17.5 Å². The van der Waals surface area contributed by atoms with Crippen molar-refractivity contribution in [1.29, 1.82) is 0 Å². The summed E-state index contributed by atoms with van der Waals surface area (Å²) in [6, 6.07) is 9.68. The maximum absolute atomic E-state index is 10.5. The van der Waals surface area contributed by atoms with Gasteiger partial charge in [0.05, 0.1) is 6.61 Å². The smallest absolute Gasteiger partial charge is 0.140 e. The lowest BCUT2D eigenvalue weighted by atomic mass is 9.90. The quantitative estimate of drug-likeness (QED) is 0.877. The molecule has 1 aliphatic rings. The highest BCUT2D eigenvalue weighted by Crippen LogP contribution is 2.26. The first-order chi connectivity index (χ1) is 9.12. The first-order valence-corrected chi connectivity index (χ1v) is 6.77. The largest absolute Gasteiger partial charge is 0.486 e. The topological polar surface area (TPSA) is 41.9 Å². The molecule has 1 N–H and O–H groups in total. The normalized spacial score (nSPS) is 28.3. The van der Waals surface area contributed by atoms with Crippen LogP contribution in [0.15, 0.2) is 30.3 Å². The molecule has 106 valence electrons. The number of ether oxygens (including phenoxy) is 2. The molecule has 4 heteroatoms. The third-order valence-electron chi connectivity index (χ3n) is 3.69. The molecule has 0 bridgehead atoms. The number of rotatable bonds is 5. The fourth-order valence-corrected chi connectivity index (χ4v) is 2.32. The third-order valence-corrected chi connectivity index (χ3v) is 3.69. The van der Waals surface area contributed by atoms with Gasteiger partial charge in [-0.2, -0.15) is 0 Å². The van der Waals surface area contributed by atoms with Crippen molar-refractivity contribution in [2.24, 2.45) is 0 Å². The molecule has 1 saturated heterocycles. The Morgan fingerprint density at radius 2 is 2.11 bits per heavy atom. The summed E-state index contributed by atoms with van der Waals surface area (Å²) < 4.78 is 11.1. The molecular formula is C15H23NO3. The van der Waals surface area contributed by atoms with Crippen LogP contribution < -0.4 is 4.74 Å². The van der Waals surface area contributed by atoms with E-state index in [4.69, 9.17) is 9.47 Å². The number of piperidine rings is 1. The van der Waals surface area contributed by atoms with Gasteiger partial charge in [0.15, 0.2) is 0 Å². The maximum Gasteiger partial charge on any atom is 0.140 e. The van der Waals surface area contributed by atoms with Crippen molar-refractivity contribution in [3.8, 4) is 5.75 Å². The number of benzene rings is 1. The summed E-state index contributed by atoms with van der Waals surface area (Å²) in [5, 5.41) is 10.5. The van der Waals surface area contributed by atoms with Gasteiger partial charge < -0.3 is 14.6 Å². The lowest BCUT2D eigenvalue weighted by Gasteiger charge is -2.42. The molecule has 19 heavy (non-hydrogen) atoms. The van der Waals surface area contributed by atoms with E-state index in [1.165, 1.54) is 0 Å². The summed E-state index contributed by atoms with van der Waals surface area (Å²) in [5.74, 6) is 0.807. The molecule has 4 nitrogen and oxygen atoms in total. The van der Waals surface area contributed by atoms with E-state index in [2.05, 4.69) is 4.90 Å². The van der Waals surface area contributed by atoms with Crippen LogP contribution in [0.25, 0.3) is 0 Å². The Bertz CT molecular complexity index is 380. The van der Waals surface area contributed by atoms with Crippen molar-refractivity contribution in [2.45, 2.75) is 25.0 Å². The molecule has 0 saturated carbocycles. The van der Waals surface area contributed by atoms with Crippen molar-refractivity contribution in [2.75, 3.05) is 33.4 Å². The number of nitrogens with zero attached hydrogens (tertiary/aromatic N) is 1. The molecular weight excluding hydrogens is 242 g/mol. The van der Waals surface area contributed by atoms with Crippen molar-refractivity contribution in [3.05, 3.63) is 30.3 Å². The molecule has 1 heterocycles. The average Bonchev–Trinajstić information content (AvgIpc) is 2.41. The molecule has 1 fully saturated rings. The van der Waals surface area contributed by atoms with Crippen LogP contribution in [0.5, 0.6) is 5.75 Å². The van der Waals surface area contributed by atoms with Crippen LogP contribution in [0.4, 0.5) is 0 Å². The zero-order valence-electron chi connectivity index (χ0n) is 11.7. The summed E-state index contributed by atoms with van der Waals surface area (Å²) >= 11 is 0. The molecule has 0 spiro atoms. The van der Waals surface area contributed by atoms with Gasteiger partial charge in [-0.1, -0.05) is 18.2 Å². The zero-order valence-corrected chi connectivity index (χ0v) is 11.7. The number of hydrogen-bond acceptors (Lipinski definition) is 4. The highest BCUT2D eigenvalue weighted by molar-refractivity contribution is 5.22. The molecule has 0 amide bonds. The van der Waals surface area contributed by atoms with Gasteiger partial charge in [-0.05, 0) is 25.5 Å². The SMILES string of the molecule is COCCN1CC[C@@](C)(O)[C@H](Oc2ccccc2)C1. The highest BCUT2D eigenvalue weighted by atomic mass is 16.5. The van der Waals surface area contributed by atoms with Crippen LogP contribution in [-0.4, -0.2) is 55.1 Å². The highest BCUT2D eigenvalue weighted by Gasteiger charge is 2.39. The second-order valence-electron chi connectivity index (χ2n) is 5.32. The van der Waals surface area contributed by atoms with Crippen LogP contribution in [0.3, 0.4) is 0 Å². The summed E-state index contributed by atoms with van der Waals surface area (Å²) in [6.07, 6.45) is 0.509. The molecule has 2 rings (SSSR count). The van der Waals surface area contributed by atoms with Crippen LogP contribution in [0.2, 0.25) is 0 Å². The number of likely N-dealkylation sites (tertiary alicyclic amines) is 1. The summed E-state index contributed by atoms with van der Waals surface area (Å²) in [6.45, 7) is 5.05. The van der Waals surface area contributed by atoms with Gasteiger partial charge in [0.25, 0.3) is 0 Å². The fraction of sp³-hybridized carbons (Fsp3) is 0.600. The van der Waals surface area contributed by atoms with E-state index in [-0.39, 0.29) is 6.10 Å². The average molecular weight is 265 g/mol. The van der Waals surface area contributed by atoms with E-state index in [0.29, 0.717) is 13.0 Å².